The average Bonchev–Trinajstić information content (AvgIpc) is 3.84. The number of aromatic hydroxyl groups is 1. The van der Waals surface area contributed by atoms with E-state index in [1.54, 1.807) is 0 Å². The van der Waals surface area contributed by atoms with Crippen molar-refractivity contribution in [1.29, 1.82) is 0 Å². The quantitative estimate of drug-likeness (QED) is 0.102. The minimum atomic E-state index is -1.33. The summed E-state index contributed by atoms with van der Waals surface area (Å²) in [5.41, 5.74) is 1.23. The van der Waals surface area contributed by atoms with Gasteiger partial charge in [0.05, 0.1) is 4.92 Å². The number of aliphatic hydroxyl groups is 2. The van der Waals surface area contributed by atoms with Crippen LogP contribution in [0.3, 0.4) is 0 Å². The Morgan fingerprint density at radius 1 is 0.600 bits per heavy atom. The minimum absolute atomic E-state index is 0.0119. The van der Waals surface area contributed by atoms with Gasteiger partial charge in [-0.1, -0.05) is 121 Å². The van der Waals surface area contributed by atoms with Crippen molar-refractivity contribution in [1.82, 2.24) is 9.80 Å². The van der Waals surface area contributed by atoms with Crippen LogP contribution in [0.1, 0.15) is 59.1 Å². The van der Waals surface area contributed by atoms with E-state index >= 15 is 0 Å². The number of phenols is 1. The van der Waals surface area contributed by atoms with Gasteiger partial charge < -0.3 is 15.3 Å². The van der Waals surface area contributed by atoms with Crippen molar-refractivity contribution in [3.63, 3.8) is 0 Å². The molecular weight excluding hydrogens is 626 g/mol. The van der Waals surface area contributed by atoms with E-state index in [0.717, 1.165) is 47.9 Å². The zero-order valence-electron chi connectivity index (χ0n) is 28.0. The summed E-state index contributed by atoms with van der Waals surface area (Å²) in [6.45, 7) is 1.79. The van der Waals surface area contributed by atoms with E-state index in [1.165, 1.54) is 12.1 Å². The van der Waals surface area contributed by atoms with Crippen molar-refractivity contribution in [2.45, 2.75) is 62.1 Å². The van der Waals surface area contributed by atoms with E-state index < -0.39 is 16.1 Å². The first-order chi connectivity index (χ1) is 24.3. The van der Waals surface area contributed by atoms with E-state index in [-0.39, 0.29) is 36.6 Å². The van der Waals surface area contributed by atoms with Gasteiger partial charge in [-0.3, -0.25) is 19.9 Å². The summed E-state index contributed by atoms with van der Waals surface area (Å²) in [6, 6.07) is 40.8. The van der Waals surface area contributed by atoms with Gasteiger partial charge in [0, 0.05) is 48.4 Å². The normalized spacial score (nSPS) is 18.8. The number of benzene rings is 5. The Hall–Kier alpha value is -4.86. The molecule has 0 radical (unpaired) electrons. The van der Waals surface area contributed by atoms with Crippen molar-refractivity contribution >= 4 is 5.69 Å². The Morgan fingerprint density at radius 2 is 0.920 bits per heavy atom. The van der Waals surface area contributed by atoms with Gasteiger partial charge >= 0.3 is 0 Å². The van der Waals surface area contributed by atoms with Gasteiger partial charge in [0.1, 0.15) is 17.0 Å². The van der Waals surface area contributed by atoms with Gasteiger partial charge in [-0.25, -0.2) is 0 Å². The fraction of sp³-hybridized carbons (Fsp3) is 0.286. The van der Waals surface area contributed by atoms with Gasteiger partial charge in [0.25, 0.3) is 5.69 Å². The second kappa shape index (κ2) is 14.2. The molecule has 2 aliphatic heterocycles. The van der Waals surface area contributed by atoms with Gasteiger partial charge in [-0.05, 0) is 61.0 Å². The highest BCUT2D eigenvalue weighted by molar-refractivity contribution is 5.50. The molecule has 2 fully saturated rings. The lowest BCUT2D eigenvalue weighted by Crippen LogP contribution is -2.48. The van der Waals surface area contributed by atoms with E-state index in [2.05, 4.69) is 9.80 Å². The number of non-ortho nitro benzene ring substituents is 1. The number of rotatable bonds is 11. The van der Waals surface area contributed by atoms with E-state index in [1.807, 2.05) is 121 Å². The van der Waals surface area contributed by atoms with Crippen LogP contribution in [0.15, 0.2) is 133 Å². The third-order valence-electron chi connectivity index (χ3n) is 10.8. The van der Waals surface area contributed by atoms with Crippen LogP contribution < -0.4 is 0 Å². The molecule has 0 aromatic heterocycles. The second-order valence-corrected chi connectivity index (χ2v) is 13.6. The van der Waals surface area contributed by atoms with Crippen molar-refractivity contribution in [3.8, 4) is 5.75 Å². The van der Waals surface area contributed by atoms with Crippen molar-refractivity contribution in [2.24, 2.45) is 0 Å². The van der Waals surface area contributed by atoms with Crippen LogP contribution >= 0.6 is 0 Å². The van der Waals surface area contributed by atoms with Gasteiger partial charge in [0.15, 0.2) is 0 Å². The summed E-state index contributed by atoms with van der Waals surface area (Å²) in [5, 5.41) is 49.4. The van der Waals surface area contributed by atoms with E-state index in [4.69, 9.17) is 0 Å². The van der Waals surface area contributed by atoms with Gasteiger partial charge in [0.2, 0.25) is 0 Å². The topological polar surface area (TPSA) is 110 Å². The lowest BCUT2D eigenvalue weighted by atomic mass is 9.79. The van der Waals surface area contributed by atoms with E-state index in [0.29, 0.717) is 24.2 Å². The Kier molecular flexibility index (Phi) is 9.53. The first-order valence-electron chi connectivity index (χ1n) is 17.4. The van der Waals surface area contributed by atoms with Gasteiger partial charge in [-0.2, -0.15) is 0 Å². The Morgan fingerprint density at radius 3 is 1.22 bits per heavy atom. The lowest BCUT2D eigenvalue weighted by Gasteiger charge is -2.41. The number of hydrogen-bond acceptors (Lipinski definition) is 7. The third-order valence-corrected chi connectivity index (χ3v) is 10.8. The van der Waals surface area contributed by atoms with E-state index in [9.17, 15) is 25.4 Å². The SMILES string of the molecule is O=[N+]([O-])c1cc(CN2CCCC2C(O)(c2ccccc2)c2ccccc2)c(O)c(CN2CCCC2C(O)(c2ccccc2)c2ccccc2)c1. The van der Waals surface area contributed by atoms with Crippen molar-refractivity contribution in [2.75, 3.05) is 13.1 Å². The van der Waals surface area contributed by atoms with Crippen LogP contribution in [0.25, 0.3) is 0 Å². The number of nitro benzene ring substituents is 1. The molecule has 2 saturated heterocycles. The predicted molar refractivity (Wildman–Crippen MR) is 193 cm³/mol. The first-order valence-corrected chi connectivity index (χ1v) is 17.4. The summed E-state index contributed by atoms with van der Waals surface area (Å²) in [4.78, 5) is 16.2. The smallest absolute Gasteiger partial charge is 0.270 e. The second-order valence-electron chi connectivity index (χ2n) is 13.6. The molecule has 50 heavy (non-hydrogen) atoms. The van der Waals surface area contributed by atoms with Crippen molar-refractivity contribution in [3.05, 3.63) is 177 Å². The molecule has 7 rings (SSSR count). The number of nitro groups is 1. The summed E-state index contributed by atoms with van der Waals surface area (Å²) >= 11 is 0. The molecule has 8 heteroatoms. The largest absolute Gasteiger partial charge is 0.507 e. The molecule has 0 bridgehead atoms. The average molecular weight is 670 g/mol. The Balaban J connectivity index is 1.23. The molecule has 0 amide bonds. The fourth-order valence-corrected chi connectivity index (χ4v) is 8.37. The summed E-state index contributed by atoms with van der Waals surface area (Å²) in [6.07, 6.45) is 3.11. The molecule has 8 nitrogen and oxygen atoms in total. The summed E-state index contributed by atoms with van der Waals surface area (Å²) < 4.78 is 0. The highest BCUT2D eigenvalue weighted by atomic mass is 16.6. The van der Waals surface area contributed by atoms with Crippen LogP contribution in [0.5, 0.6) is 5.75 Å². The standard InChI is InChI=1S/C42H43N3O5/c46-40-31(29-43-25-13-23-38(43)41(47,33-15-5-1-6-16-33)34-17-7-2-8-18-34)27-37(45(49)50)28-32(40)30-44-26-14-24-39(44)42(48,35-19-9-3-10-20-35)36-21-11-4-12-22-36/h1-12,15-22,27-28,38-39,46-48H,13-14,23-26,29-30H2. The molecule has 2 heterocycles. The highest BCUT2D eigenvalue weighted by Gasteiger charge is 2.47. The number of nitrogens with zero attached hydrogens (tertiary/aromatic N) is 3. The first kappa shape index (κ1) is 33.6. The molecule has 5 aromatic carbocycles. The maximum atomic E-state index is 12.6. The zero-order chi connectivity index (χ0) is 34.7. The maximum Gasteiger partial charge on any atom is 0.270 e. The molecular formula is C42H43N3O5. The molecule has 0 spiro atoms. The Labute approximate surface area is 293 Å². The molecule has 256 valence electrons. The number of phenolic OH excluding ortho intramolecular Hbond substituents is 1. The minimum Gasteiger partial charge on any atom is -0.507 e. The van der Waals surface area contributed by atoms with Crippen LogP contribution in [0, 0.1) is 10.1 Å². The third kappa shape index (κ3) is 6.20. The molecule has 0 aliphatic carbocycles. The highest BCUT2D eigenvalue weighted by Crippen LogP contribution is 2.44. The predicted octanol–water partition coefficient (Wildman–Crippen LogP) is 7.10. The van der Waals surface area contributed by atoms with Crippen LogP contribution in [0.4, 0.5) is 5.69 Å². The number of hydrogen-bond donors (Lipinski definition) is 3. The molecule has 2 atom stereocenters. The zero-order valence-corrected chi connectivity index (χ0v) is 28.0. The monoisotopic (exact) mass is 669 g/mol. The summed E-state index contributed by atoms with van der Waals surface area (Å²) in [7, 11) is 0. The summed E-state index contributed by atoms with van der Waals surface area (Å²) in [5.74, 6) is 0.0119. The molecule has 3 N–H and O–H groups in total. The lowest BCUT2D eigenvalue weighted by molar-refractivity contribution is -0.385. The fourth-order valence-electron chi connectivity index (χ4n) is 8.37. The molecule has 2 unspecified atom stereocenters. The molecule has 2 aliphatic rings. The number of likely N-dealkylation sites (tertiary alicyclic amines) is 2. The molecule has 0 saturated carbocycles. The molecule has 5 aromatic rings. The van der Waals surface area contributed by atoms with Crippen LogP contribution in [-0.4, -0.2) is 55.2 Å². The Bertz CT molecular complexity index is 1700. The van der Waals surface area contributed by atoms with Crippen molar-refractivity contribution < 1.29 is 20.2 Å². The maximum absolute atomic E-state index is 12.6. The van der Waals surface area contributed by atoms with Crippen LogP contribution in [0.2, 0.25) is 0 Å². The van der Waals surface area contributed by atoms with Crippen LogP contribution in [-0.2, 0) is 24.3 Å². The van der Waals surface area contributed by atoms with Gasteiger partial charge in [-0.15, -0.1) is 0 Å².